The molecule has 158 valence electrons. The minimum absolute atomic E-state index is 0.300. The Balaban J connectivity index is 1.62. The first kappa shape index (κ1) is 21.1. The van der Waals surface area contributed by atoms with Gasteiger partial charge in [0.05, 0.1) is 0 Å². The highest BCUT2D eigenvalue weighted by molar-refractivity contribution is 6.08. The van der Waals surface area contributed by atoms with Crippen LogP contribution in [0.5, 0.6) is 0 Å². The molecule has 2 fully saturated rings. The Morgan fingerprint density at radius 2 is 1.79 bits per heavy atom. The number of carbonyl (C=O) groups is 4. The maximum absolute atomic E-state index is 12.9. The summed E-state index contributed by atoms with van der Waals surface area (Å²) in [5, 5.41) is 0. The number of ketones is 1. The molecule has 3 rings (SSSR count). The third-order valence-corrected chi connectivity index (χ3v) is 6.33. The lowest BCUT2D eigenvalue weighted by Gasteiger charge is -2.35. The van der Waals surface area contributed by atoms with Crippen molar-refractivity contribution in [2.45, 2.75) is 65.0 Å². The van der Waals surface area contributed by atoms with E-state index >= 15 is 0 Å². The zero-order chi connectivity index (χ0) is 21.3. The van der Waals surface area contributed by atoms with Crippen LogP contribution in [-0.2, 0) is 20.9 Å². The smallest absolute Gasteiger partial charge is 0.327 e. The van der Waals surface area contributed by atoms with Crippen molar-refractivity contribution in [3.8, 4) is 0 Å². The molecule has 8 heteroatoms. The summed E-state index contributed by atoms with van der Waals surface area (Å²) in [7, 11) is 1.61. The van der Waals surface area contributed by atoms with E-state index in [-0.39, 0.29) is 11.7 Å². The van der Waals surface area contributed by atoms with Crippen LogP contribution in [0.2, 0.25) is 0 Å². The van der Waals surface area contributed by atoms with Gasteiger partial charge >= 0.3 is 12.0 Å². The lowest BCUT2D eigenvalue weighted by Crippen LogP contribution is -2.49. The quantitative estimate of drug-likeness (QED) is 0.414. The third-order valence-electron chi connectivity index (χ3n) is 6.33. The van der Waals surface area contributed by atoms with Gasteiger partial charge in [0.2, 0.25) is 5.78 Å². The molecule has 29 heavy (non-hydrogen) atoms. The first-order valence-corrected chi connectivity index (χ1v) is 10.2. The average molecular weight is 403 g/mol. The fourth-order valence-corrected chi connectivity index (χ4v) is 4.64. The number of hydrogen-bond donors (Lipinski definition) is 0. The van der Waals surface area contributed by atoms with Gasteiger partial charge in [-0.2, -0.15) is 0 Å². The third kappa shape index (κ3) is 3.56. The Hall–Kier alpha value is -2.64. The van der Waals surface area contributed by atoms with Gasteiger partial charge in [0.15, 0.2) is 6.61 Å². The Morgan fingerprint density at radius 3 is 2.38 bits per heavy atom. The SMILES string of the molecule is CCn1c(C)cc(C(=O)COC(=O)CN2C(=O)N(C)C3(CCCCC3)C2=O)c1C. The van der Waals surface area contributed by atoms with Gasteiger partial charge in [-0.25, -0.2) is 4.79 Å². The zero-order valence-corrected chi connectivity index (χ0v) is 17.6. The molecule has 3 amide bonds. The van der Waals surface area contributed by atoms with Crippen molar-refractivity contribution in [2.24, 2.45) is 0 Å². The first-order chi connectivity index (χ1) is 13.7. The average Bonchev–Trinajstić information content (AvgIpc) is 3.09. The number of ether oxygens (including phenoxy) is 1. The number of likely N-dealkylation sites (N-methyl/N-ethyl adjacent to an activating group) is 1. The van der Waals surface area contributed by atoms with Gasteiger partial charge in [0.1, 0.15) is 12.1 Å². The van der Waals surface area contributed by atoms with Crippen molar-refractivity contribution < 1.29 is 23.9 Å². The summed E-state index contributed by atoms with van der Waals surface area (Å²) in [6.07, 6.45) is 4.04. The number of amides is 3. The van der Waals surface area contributed by atoms with Crippen LogP contribution in [0.15, 0.2) is 6.07 Å². The molecule has 0 aromatic carbocycles. The van der Waals surface area contributed by atoms with Crippen LogP contribution < -0.4 is 0 Å². The molecular formula is C21H29N3O5. The van der Waals surface area contributed by atoms with Gasteiger partial charge in [-0.3, -0.25) is 19.3 Å². The number of aryl methyl sites for hydroxylation is 1. The second-order valence-corrected chi connectivity index (χ2v) is 7.94. The largest absolute Gasteiger partial charge is 0.456 e. The van der Waals surface area contributed by atoms with E-state index in [1.165, 1.54) is 4.90 Å². The molecule has 1 aliphatic heterocycles. The Kier molecular flexibility index (Phi) is 5.82. The van der Waals surface area contributed by atoms with Crippen LogP contribution in [0, 0.1) is 13.8 Å². The van der Waals surface area contributed by atoms with Gasteiger partial charge in [-0.1, -0.05) is 19.3 Å². The summed E-state index contributed by atoms with van der Waals surface area (Å²) >= 11 is 0. The number of hydrogen-bond acceptors (Lipinski definition) is 5. The summed E-state index contributed by atoms with van der Waals surface area (Å²) in [6, 6.07) is 1.30. The van der Waals surface area contributed by atoms with Gasteiger partial charge < -0.3 is 14.2 Å². The van der Waals surface area contributed by atoms with E-state index in [2.05, 4.69) is 0 Å². The van der Waals surface area contributed by atoms with Gasteiger partial charge in [-0.15, -0.1) is 0 Å². The molecule has 1 saturated heterocycles. The molecule has 0 bridgehead atoms. The Morgan fingerprint density at radius 1 is 1.14 bits per heavy atom. The number of urea groups is 1. The molecule has 0 N–H and O–H groups in total. The number of rotatable bonds is 6. The fourth-order valence-electron chi connectivity index (χ4n) is 4.64. The number of esters is 1. The van der Waals surface area contributed by atoms with Crippen molar-refractivity contribution in [3.63, 3.8) is 0 Å². The highest BCUT2D eigenvalue weighted by Crippen LogP contribution is 2.39. The summed E-state index contributed by atoms with van der Waals surface area (Å²) in [5.41, 5.74) is 1.49. The first-order valence-electron chi connectivity index (χ1n) is 10.2. The van der Waals surface area contributed by atoms with Crippen LogP contribution >= 0.6 is 0 Å². The molecule has 1 saturated carbocycles. The standard InChI is InChI=1S/C21H29N3O5/c1-5-23-14(2)11-16(15(23)3)17(25)13-29-18(26)12-24-19(27)21(22(4)20(24)28)9-7-6-8-10-21/h11H,5-10,12-13H2,1-4H3. The van der Waals surface area contributed by atoms with Crippen LogP contribution in [0.1, 0.15) is 60.8 Å². The highest BCUT2D eigenvalue weighted by Gasteiger charge is 2.55. The van der Waals surface area contributed by atoms with E-state index in [9.17, 15) is 19.2 Å². The van der Waals surface area contributed by atoms with Crippen molar-refractivity contribution in [1.82, 2.24) is 14.4 Å². The van der Waals surface area contributed by atoms with E-state index in [1.54, 1.807) is 13.1 Å². The zero-order valence-electron chi connectivity index (χ0n) is 17.6. The van der Waals surface area contributed by atoms with Crippen LogP contribution in [0.4, 0.5) is 4.79 Å². The maximum atomic E-state index is 12.9. The summed E-state index contributed by atoms with van der Waals surface area (Å²) < 4.78 is 7.11. The minimum Gasteiger partial charge on any atom is -0.456 e. The number of carbonyl (C=O) groups excluding carboxylic acids is 4. The molecule has 2 heterocycles. The second-order valence-electron chi connectivity index (χ2n) is 7.94. The molecule has 0 radical (unpaired) electrons. The van der Waals surface area contributed by atoms with Gasteiger partial charge in [0, 0.05) is 30.5 Å². The number of aromatic nitrogens is 1. The van der Waals surface area contributed by atoms with Crippen molar-refractivity contribution >= 4 is 23.7 Å². The Bertz CT molecular complexity index is 851. The topological polar surface area (TPSA) is 88.9 Å². The Labute approximate surface area is 170 Å². The van der Waals surface area contributed by atoms with Crippen LogP contribution in [0.3, 0.4) is 0 Å². The lowest BCUT2D eigenvalue weighted by atomic mass is 9.81. The van der Waals surface area contributed by atoms with Gasteiger partial charge in [-0.05, 0) is 39.7 Å². The highest BCUT2D eigenvalue weighted by atomic mass is 16.5. The maximum Gasteiger partial charge on any atom is 0.327 e. The fraction of sp³-hybridized carbons (Fsp3) is 0.619. The van der Waals surface area contributed by atoms with Gasteiger partial charge in [0.25, 0.3) is 5.91 Å². The summed E-state index contributed by atoms with van der Waals surface area (Å²) in [6.45, 7) is 5.64. The molecule has 8 nitrogen and oxygen atoms in total. The lowest BCUT2D eigenvalue weighted by molar-refractivity contribution is -0.147. The number of nitrogens with zero attached hydrogens (tertiary/aromatic N) is 3. The molecule has 1 aliphatic carbocycles. The monoisotopic (exact) mass is 403 g/mol. The normalized spacial score (nSPS) is 18.6. The predicted octanol–water partition coefficient (Wildman–Crippen LogP) is 2.45. The molecule has 1 spiro atoms. The van der Waals surface area contributed by atoms with Crippen molar-refractivity contribution in [3.05, 3.63) is 23.0 Å². The van der Waals surface area contributed by atoms with E-state index < -0.39 is 30.7 Å². The summed E-state index contributed by atoms with van der Waals surface area (Å²) in [4.78, 5) is 52.6. The summed E-state index contributed by atoms with van der Waals surface area (Å²) in [5.74, 6) is -1.39. The van der Waals surface area contributed by atoms with E-state index in [0.717, 1.165) is 42.1 Å². The van der Waals surface area contributed by atoms with Crippen LogP contribution in [-0.4, -0.2) is 63.8 Å². The van der Waals surface area contributed by atoms with E-state index in [0.29, 0.717) is 18.4 Å². The number of Topliss-reactive ketones (excluding diaryl/α,β-unsaturated/α-hetero) is 1. The molecule has 0 unspecified atom stereocenters. The van der Waals surface area contributed by atoms with E-state index in [1.807, 2.05) is 25.3 Å². The van der Waals surface area contributed by atoms with Crippen LogP contribution in [0.25, 0.3) is 0 Å². The number of imide groups is 1. The molecule has 1 aromatic heterocycles. The predicted molar refractivity (Wildman–Crippen MR) is 106 cm³/mol. The molecule has 0 atom stereocenters. The molecular weight excluding hydrogens is 374 g/mol. The van der Waals surface area contributed by atoms with Crippen molar-refractivity contribution in [1.29, 1.82) is 0 Å². The minimum atomic E-state index is -0.830. The second kappa shape index (κ2) is 8.00. The molecule has 1 aromatic rings. The van der Waals surface area contributed by atoms with Crippen molar-refractivity contribution in [2.75, 3.05) is 20.2 Å². The van der Waals surface area contributed by atoms with E-state index in [4.69, 9.17) is 4.74 Å². The molecule has 2 aliphatic rings.